The minimum Gasteiger partial charge on any atom is -0.495 e. The summed E-state index contributed by atoms with van der Waals surface area (Å²) in [5, 5.41) is 3.69. The molecule has 1 N–H and O–H groups in total. The number of hydrogen-bond donors (Lipinski definition) is 1. The number of anilines is 1. The van der Waals surface area contributed by atoms with Crippen molar-refractivity contribution in [3.63, 3.8) is 0 Å². The number of thiocarbonyl (C=S) groups is 1. The molecule has 1 saturated heterocycles. The summed E-state index contributed by atoms with van der Waals surface area (Å²) < 4.78 is 5.17. The average molecular weight is 257 g/mol. The Kier molecular flexibility index (Phi) is 2.98. The van der Waals surface area contributed by atoms with Gasteiger partial charge >= 0.3 is 0 Å². The highest BCUT2D eigenvalue weighted by Crippen LogP contribution is 2.32. The number of methoxy groups -OCH3 is 1. The van der Waals surface area contributed by atoms with Crippen molar-refractivity contribution in [2.24, 2.45) is 0 Å². The van der Waals surface area contributed by atoms with Crippen molar-refractivity contribution in [2.45, 2.75) is 0 Å². The van der Waals surface area contributed by atoms with E-state index >= 15 is 0 Å². The van der Waals surface area contributed by atoms with Crippen LogP contribution in [0.25, 0.3) is 0 Å². The van der Waals surface area contributed by atoms with Gasteiger partial charge in [0.2, 0.25) is 0 Å². The Hall–Kier alpha value is -1.33. The molecule has 6 heteroatoms. The molecule has 0 aliphatic carbocycles. The van der Waals surface area contributed by atoms with Gasteiger partial charge in [-0.2, -0.15) is 0 Å². The molecule has 1 aliphatic heterocycles. The van der Waals surface area contributed by atoms with Crippen molar-refractivity contribution in [1.82, 2.24) is 5.32 Å². The van der Waals surface area contributed by atoms with Gasteiger partial charge in [0.1, 0.15) is 5.75 Å². The van der Waals surface area contributed by atoms with Gasteiger partial charge in [0, 0.05) is 5.02 Å². The minimum absolute atomic E-state index is 0.120. The molecule has 1 aliphatic rings. The van der Waals surface area contributed by atoms with Gasteiger partial charge in [-0.3, -0.25) is 9.69 Å². The van der Waals surface area contributed by atoms with Crippen LogP contribution in [-0.4, -0.2) is 24.7 Å². The second-order valence-corrected chi connectivity index (χ2v) is 4.03. The van der Waals surface area contributed by atoms with Crippen LogP contribution in [0.15, 0.2) is 18.2 Å². The number of nitrogens with one attached hydrogen (secondary N) is 1. The average Bonchev–Trinajstić information content (AvgIpc) is 2.58. The lowest BCUT2D eigenvalue weighted by Crippen LogP contribution is -2.30. The van der Waals surface area contributed by atoms with Gasteiger partial charge in [0.25, 0.3) is 5.91 Å². The summed E-state index contributed by atoms with van der Waals surface area (Å²) in [5.41, 5.74) is 0.565. The van der Waals surface area contributed by atoms with E-state index in [9.17, 15) is 4.79 Å². The Morgan fingerprint density at radius 2 is 2.31 bits per heavy atom. The molecular formula is C10H9ClN2O2S. The van der Waals surface area contributed by atoms with Crippen molar-refractivity contribution in [3.05, 3.63) is 23.2 Å². The number of benzene rings is 1. The zero-order valence-corrected chi connectivity index (χ0v) is 10.1. The highest BCUT2D eigenvalue weighted by Gasteiger charge is 2.29. The van der Waals surface area contributed by atoms with E-state index in [1.807, 2.05) is 0 Å². The van der Waals surface area contributed by atoms with Crippen LogP contribution in [0.4, 0.5) is 5.69 Å². The molecule has 0 spiro atoms. The summed E-state index contributed by atoms with van der Waals surface area (Å²) in [7, 11) is 1.53. The van der Waals surface area contributed by atoms with Crippen molar-refractivity contribution in [3.8, 4) is 5.75 Å². The molecule has 1 fully saturated rings. The molecule has 84 valence electrons. The maximum absolute atomic E-state index is 11.6. The van der Waals surface area contributed by atoms with E-state index in [1.54, 1.807) is 18.2 Å². The van der Waals surface area contributed by atoms with E-state index in [4.69, 9.17) is 28.6 Å². The van der Waals surface area contributed by atoms with E-state index in [2.05, 4.69) is 5.32 Å². The van der Waals surface area contributed by atoms with Gasteiger partial charge in [0.15, 0.2) is 5.11 Å². The molecule has 0 aromatic heterocycles. The zero-order chi connectivity index (χ0) is 11.7. The fraction of sp³-hybridized carbons (Fsp3) is 0.200. The Bertz CT molecular complexity index is 448. The lowest BCUT2D eigenvalue weighted by molar-refractivity contribution is -0.115. The number of hydrogen-bond acceptors (Lipinski definition) is 3. The van der Waals surface area contributed by atoms with Gasteiger partial charge in [-0.05, 0) is 30.4 Å². The van der Waals surface area contributed by atoms with Gasteiger partial charge < -0.3 is 10.1 Å². The molecule has 0 atom stereocenters. The third-order valence-corrected chi connectivity index (χ3v) is 2.79. The summed E-state index contributed by atoms with van der Waals surface area (Å²) in [6.45, 7) is 0.203. The van der Waals surface area contributed by atoms with Gasteiger partial charge in [-0.1, -0.05) is 11.6 Å². The molecule has 1 aromatic carbocycles. The summed E-state index contributed by atoms with van der Waals surface area (Å²) in [6.07, 6.45) is 0. The summed E-state index contributed by atoms with van der Waals surface area (Å²) in [4.78, 5) is 13.0. The first-order chi connectivity index (χ1) is 7.63. The Morgan fingerprint density at radius 3 is 2.88 bits per heavy atom. The molecular weight excluding hydrogens is 248 g/mol. The van der Waals surface area contributed by atoms with Crippen LogP contribution in [0.1, 0.15) is 0 Å². The van der Waals surface area contributed by atoms with Crippen LogP contribution in [0.5, 0.6) is 5.75 Å². The lowest BCUT2D eigenvalue weighted by atomic mass is 10.2. The number of carbonyl (C=O) groups is 1. The zero-order valence-electron chi connectivity index (χ0n) is 8.49. The van der Waals surface area contributed by atoms with Gasteiger partial charge in [-0.15, -0.1) is 0 Å². The number of carbonyl (C=O) groups excluding carboxylic acids is 1. The molecule has 0 bridgehead atoms. The molecule has 1 amide bonds. The first-order valence-electron chi connectivity index (χ1n) is 4.58. The molecule has 4 nitrogen and oxygen atoms in total. The Labute approximate surface area is 103 Å². The van der Waals surface area contributed by atoms with Crippen LogP contribution in [-0.2, 0) is 4.79 Å². The highest BCUT2D eigenvalue weighted by molar-refractivity contribution is 7.80. The van der Waals surface area contributed by atoms with Crippen LogP contribution in [0.2, 0.25) is 5.02 Å². The topological polar surface area (TPSA) is 41.6 Å². The molecule has 0 saturated carbocycles. The maximum Gasteiger partial charge on any atom is 0.252 e. The first kappa shape index (κ1) is 11.2. The Balaban J connectivity index is 2.49. The number of nitrogens with zero attached hydrogens (tertiary/aromatic N) is 1. The SMILES string of the molecule is COc1ccc(Cl)cc1N1C(=O)CNC1=S. The molecule has 16 heavy (non-hydrogen) atoms. The summed E-state index contributed by atoms with van der Waals surface area (Å²) >= 11 is 10.9. The number of amides is 1. The van der Waals surface area contributed by atoms with Crippen LogP contribution in [0, 0.1) is 0 Å². The molecule has 1 aromatic rings. The van der Waals surface area contributed by atoms with E-state index in [0.29, 0.717) is 21.6 Å². The highest BCUT2D eigenvalue weighted by atomic mass is 35.5. The number of halogens is 1. The van der Waals surface area contributed by atoms with Gasteiger partial charge in [-0.25, -0.2) is 0 Å². The largest absolute Gasteiger partial charge is 0.495 e. The first-order valence-corrected chi connectivity index (χ1v) is 5.36. The van der Waals surface area contributed by atoms with Crippen LogP contribution < -0.4 is 15.0 Å². The standard InChI is InChI=1S/C10H9ClN2O2S/c1-15-8-3-2-6(11)4-7(8)13-9(14)5-12-10(13)16/h2-4H,5H2,1H3,(H,12,16). The van der Waals surface area contributed by atoms with Crippen LogP contribution >= 0.6 is 23.8 Å². The second-order valence-electron chi connectivity index (χ2n) is 3.20. The monoisotopic (exact) mass is 256 g/mol. The third-order valence-electron chi connectivity index (χ3n) is 2.23. The summed E-state index contributed by atoms with van der Waals surface area (Å²) in [6, 6.07) is 5.05. The smallest absolute Gasteiger partial charge is 0.252 e. The lowest BCUT2D eigenvalue weighted by Gasteiger charge is -2.17. The predicted molar refractivity (Wildman–Crippen MR) is 66.1 cm³/mol. The fourth-order valence-electron chi connectivity index (χ4n) is 1.50. The second kappa shape index (κ2) is 4.27. The van der Waals surface area contributed by atoms with Crippen molar-refractivity contribution < 1.29 is 9.53 Å². The fourth-order valence-corrected chi connectivity index (χ4v) is 1.94. The quantitative estimate of drug-likeness (QED) is 0.816. The Morgan fingerprint density at radius 1 is 1.56 bits per heavy atom. The molecule has 0 radical (unpaired) electrons. The van der Waals surface area contributed by atoms with E-state index in [0.717, 1.165) is 0 Å². The third kappa shape index (κ3) is 1.83. The van der Waals surface area contributed by atoms with Crippen LogP contribution in [0.3, 0.4) is 0 Å². The van der Waals surface area contributed by atoms with Crippen molar-refractivity contribution in [2.75, 3.05) is 18.6 Å². The summed E-state index contributed by atoms with van der Waals surface area (Å²) in [5.74, 6) is 0.439. The van der Waals surface area contributed by atoms with E-state index in [-0.39, 0.29) is 12.5 Å². The normalized spacial score (nSPS) is 15.2. The minimum atomic E-state index is -0.120. The van der Waals surface area contributed by atoms with Crippen molar-refractivity contribution in [1.29, 1.82) is 0 Å². The molecule has 2 rings (SSSR count). The predicted octanol–water partition coefficient (Wildman–Crippen LogP) is 1.57. The molecule has 0 unspecified atom stereocenters. The van der Waals surface area contributed by atoms with E-state index in [1.165, 1.54) is 12.0 Å². The number of ether oxygens (including phenoxy) is 1. The maximum atomic E-state index is 11.6. The number of rotatable bonds is 2. The van der Waals surface area contributed by atoms with E-state index < -0.39 is 0 Å². The van der Waals surface area contributed by atoms with Crippen molar-refractivity contribution >= 4 is 40.5 Å². The van der Waals surface area contributed by atoms with Gasteiger partial charge in [0.05, 0.1) is 19.3 Å². The molecule has 1 heterocycles.